The van der Waals surface area contributed by atoms with Gasteiger partial charge in [0.2, 0.25) is 0 Å². The van der Waals surface area contributed by atoms with Gasteiger partial charge in [-0.3, -0.25) is 4.79 Å². The number of hydrogen-bond acceptors (Lipinski definition) is 5. The molecule has 200 valence electrons. The van der Waals surface area contributed by atoms with Gasteiger partial charge in [-0.05, 0) is 79.6 Å². The highest BCUT2D eigenvalue weighted by molar-refractivity contribution is 6.33. The summed E-state index contributed by atoms with van der Waals surface area (Å²) in [6, 6.07) is 7.33. The molecule has 0 saturated heterocycles. The van der Waals surface area contributed by atoms with Gasteiger partial charge in [-0.25, -0.2) is 0 Å². The largest absolute Gasteiger partial charge is 0.493 e. The van der Waals surface area contributed by atoms with Crippen molar-refractivity contribution in [1.82, 2.24) is 0 Å². The molecule has 0 N–H and O–H groups in total. The van der Waals surface area contributed by atoms with Crippen LogP contribution in [0.2, 0.25) is 10.0 Å². The van der Waals surface area contributed by atoms with E-state index in [2.05, 4.69) is 13.8 Å². The smallest absolute Gasteiger partial charge is 0.185 e. The lowest BCUT2D eigenvalue weighted by Gasteiger charge is -2.18. The molecule has 1 aliphatic rings. The number of carbonyl (C=O) groups excluding carboxylic acids is 1. The van der Waals surface area contributed by atoms with Gasteiger partial charge >= 0.3 is 0 Å². The molecule has 1 aliphatic carbocycles. The summed E-state index contributed by atoms with van der Waals surface area (Å²) >= 11 is 13.0. The zero-order valence-corrected chi connectivity index (χ0v) is 23.6. The van der Waals surface area contributed by atoms with Crippen LogP contribution in [0.3, 0.4) is 0 Å². The molecule has 0 aliphatic heterocycles. The number of ketones is 1. The standard InChI is InChI=1S/C30H36Cl2O5/c1-5-7-12-36-29-24(31)16-20(18-26(29)34-3)14-22-10-9-11-23(28(22)33)15-21-17-25(32)30(27(19-21)35-4)37-13-8-6-2/h14-19H,5-13H2,1-4H3/b22-14+,23-15+. The fourth-order valence-corrected chi connectivity index (χ4v) is 4.69. The summed E-state index contributed by atoms with van der Waals surface area (Å²) < 4.78 is 22.7. The van der Waals surface area contributed by atoms with Crippen LogP contribution >= 0.6 is 23.2 Å². The lowest BCUT2D eigenvalue weighted by molar-refractivity contribution is -0.112. The van der Waals surface area contributed by atoms with Gasteiger partial charge < -0.3 is 18.9 Å². The van der Waals surface area contributed by atoms with E-state index in [1.165, 1.54) is 0 Å². The van der Waals surface area contributed by atoms with Crippen molar-refractivity contribution in [3.05, 3.63) is 56.6 Å². The zero-order valence-electron chi connectivity index (χ0n) is 22.1. The summed E-state index contributed by atoms with van der Waals surface area (Å²) in [4.78, 5) is 13.4. The second-order valence-corrected chi connectivity index (χ2v) is 9.81. The topological polar surface area (TPSA) is 54.0 Å². The summed E-state index contributed by atoms with van der Waals surface area (Å²) in [7, 11) is 3.17. The average Bonchev–Trinajstić information content (AvgIpc) is 2.88. The monoisotopic (exact) mass is 546 g/mol. The van der Waals surface area contributed by atoms with Crippen LogP contribution in [-0.4, -0.2) is 33.2 Å². The minimum Gasteiger partial charge on any atom is -0.493 e. The first-order valence-electron chi connectivity index (χ1n) is 12.9. The maximum atomic E-state index is 13.4. The van der Waals surface area contributed by atoms with E-state index >= 15 is 0 Å². The normalized spacial score (nSPS) is 15.8. The van der Waals surface area contributed by atoms with Crippen molar-refractivity contribution in [2.45, 2.75) is 58.8 Å². The summed E-state index contributed by atoms with van der Waals surface area (Å²) in [5.41, 5.74) is 3.06. The van der Waals surface area contributed by atoms with Gasteiger partial charge in [0.1, 0.15) is 0 Å². The number of rotatable bonds is 12. The van der Waals surface area contributed by atoms with Gasteiger partial charge in [0.25, 0.3) is 0 Å². The Bertz CT molecular complexity index is 1070. The molecule has 2 aromatic carbocycles. The van der Waals surface area contributed by atoms with Gasteiger partial charge in [-0.15, -0.1) is 0 Å². The van der Waals surface area contributed by atoms with E-state index in [4.69, 9.17) is 42.1 Å². The molecular weight excluding hydrogens is 511 g/mol. The lowest BCUT2D eigenvalue weighted by Crippen LogP contribution is -2.12. The quantitative estimate of drug-likeness (QED) is 0.197. The van der Waals surface area contributed by atoms with Gasteiger partial charge in [0.15, 0.2) is 28.8 Å². The molecule has 2 aromatic rings. The molecule has 7 heteroatoms. The van der Waals surface area contributed by atoms with E-state index in [0.717, 1.165) is 54.4 Å². The highest BCUT2D eigenvalue weighted by Crippen LogP contribution is 2.39. The predicted molar refractivity (Wildman–Crippen MR) is 152 cm³/mol. The number of halogens is 2. The highest BCUT2D eigenvalue weighted by atomic mass is 35.5. The Morgan fingerprint density at radius 1 is 0.757 bits per heavy atom. The van der Waals surface area contributed by atoms with Crippen LogP contribution in [0, 0.1) is 0 Å². The first-order chi connectivity index (χ1) is 17.9. The van der Waals surface area contributed by atoms with Crippen molar-refractivity contribution in [1.29, 1.82) is 0 Å². The number of benzene rings is 2. The number of allylic oxidation sites excluding steroid dienone is 2. The van der Waals surface area contributed by atoms with Crippen LogP contribution in [0.1, 0.15) is 69.9 Å². The molecule has 5 nitrogen and oxygen atoms in total. The Hall–Kier alpha value is -2.63. The molecule has 1 fully saturated rings. The van der Waals surface area contributed by atoms with Crippen LogP contribution in [0.25, 0.3) is 12.2 Å². The van der Waals surface area contributed by atoms with E-state index in [9.17, 15) is 4.79 Å². The molecule has 0 heterocycles. The first-order valence-corrected chi connectivity index (χ1v) is 13.6. The molecular formula is C30H36Cl2O5. The number of methoxy groups -OCH3 is 2. The molecule has 3 rings (SSSR count). The fourth-order valence-electron chi connectivity index (χ4n) is 4.14. The van der Waals surface area contributed by atoms with Crippen molar-refractivity contribution < 1.29 is 23.7 Å². The second-order valence-electron chi connectivity index (χ2n) is 8.99. The van der Waals surface area contributed by atoms with E-state index in [1.807, 2.05) is 36.4 Å². The molecule has 0 aromatic heterocycles. The first kappa shape index (κ1) is 28.9. The summed E-state index contributed by atoms with van der Waals surface area (Å²) in [6.45, 7) is 5.34. The van der Waals surface area contributed by atoms with Crippen LogP contribution in [0.5, 0.6) is 23.0 Å². The van der Waals surface area contributed by atoms with Crippen LogP contribution in [0.4, 0.5) is 0 Å². The van der Waals surface area contributed by atoms with Crippen molar-refractivity contribution >= 4 is 41.1 Å². The number of ether oxygens (including phenoxy) is 4. The number of unbranched alkanes of at least 4 members (excludes halogenated alkanes) is 2. The molecule has 0 unspecified atom stereocenters. The molecule has 0 bridgehead atoms. The van der Waals surface area contributed by atoms with Crippen molar-refractivity contribution in [2.24, 2.45) is 0 Å². The predicted octanol–water partition coefficient (Wildman–Crippen LogP) is 8.59. The SMILES string of the molecule is CCCCOc1c(Cl)cc(/C=C2\CCC/C(=C\c3cc(Cl)c(OCCCC)c(OC)c3)C2=O)cc1OC. The van der Waals surface area contributed by atoms with Crippen LogP contribution in [0.15, 0.2) is 35.4 Å². The Morgan fingerprint density at radius 3 is 1.57 bits per heavy atom. The number of hydrogen-bond donors (Lipinski definition) is 0. The van der Waals surface area contributed by atoms with Gasteiger partial charge in [0.05, 0.1) is 37.5 Å². The van der Waals surface area contributed by atoms with Crippen molar-refractivity contribution in [3.63, 3.8) is 0 Å². The molecule has 37 heavy (non-hydrogen) atoms. The maximum Gasteiger partial charge on any atom is 0.185 e. The molecule has 0 radical (unpaired) electrons. The van der Waals surface area contributed by atoms with Crippen LogP contribution < -0.4 is 18.9 Å². The summed E-state index contributed by atoms with van der Waals surface area (Å²) in [5, 5.41) is 0.925. The molecule has 0 atom stereocenters. The highest BCUT2D eigenvalue weighted by Gasteiger charge is 2.22. The lowest BCUT2D eigenvalue weighted by atomic mass is 9.87. The van der Waals surface area contributed by atoms with Gasteiger partial charge in [-0.2, -0.15) is 0 Å². The second kappa shape index (κ2) is 14.3. The maximum absolute atomic E-state index is 13.4. The number of carbonyl (C=O) groups is 1. The van der Waals surface area contributed by atoms with E-state index in [0.29, 0.717) is 59.1 Å². The Kier molecular flexibility index (Phi) is 11.2. The summed E-state index contributed by atoms with van der Waals surface area (Å²) in [6.07, 6.45) is 9.94. The minimum absolute atomic E-state index is 0.0166. The van der Waals surface area contributed by atoms with Gasteiger partial charge in [0, 0.05) is 11.1 Å². The fraction of sp³-hybridized carbons (Fsp3) is 0.433. The molecule has 1 saturated carbocycles. The van der Waals surface area contributed by atoms with E-state index in [-0.39, 0.29) is 5.78 Å². The average molecular weight is 548 g/mol. The summed E-state index contributed by atoms with van der Waals surface area (Å²) in [5.74, 6) is 2.18. The third-order valence-corrected chi connectivity index (χ3v) is 6.71. The molecule has 0 spiro atoms. The third kappa shape index (κ3) is 7.68. The van der Waals surface area contributed by atoms with Crippen LogP contribution in [-0.2, 0) is 4.79 Å². The van der Waals surface area contributed by atoms with Crippen molar-refractivity contribution in [2.75, 3.05) is 27.4 Å². The van der Waals surface area contributed by atoms with Gasteiger partial charge in [-0.1, -0.05) is 49.9 Å². The van der Waals surface area contributed by atoms with E-state index < -0.39 is 0 Å². The Morgan fingerprint density at radius 2 is 1.19 bits per heavy atom. The number of Topliss-reactive ketones (excluding diaryl/α,β-unsaturated/α-hetero) is 1. The zero-order chi connectivity index (χ0) is 26.8. The molecule has 0 amide bonds. The van der Waals surface area contributed by atoms with Crippen molar-refractivity contribution in [3.8, 4) is 23.0 Å². The Labute approximate surface area is 230 Å². The third-order valence-electron chi connectivity index (χ3n) is 6.15. The Balaban J connectivity index is 1.86. The van der Waals surface area contributed by atoms with E-state index in [1.54, 1.807) is 14.2 Å². The minimum atomic E-state index is 0.0166.